The number of nitrogens with one attached hydrogen (secondary N) is 4. The van der Waals surface area contributed by atoms with E-state index in [4.69, 9.17) is 10.8 Å². The lowest BCUT2D eigenvalue weighted by molar-refractivity contribution is -0.141. The monoisotopic (exact) mass is 429 g/mol. The largest absolute Gasteiger partial charge is 0.481 e. The van der Waals surface area contributed by atoms with Crippen LogP contribution in [0.3, 0.4) is 0 Å². The van der Waals surface area contributed by atoms with Crippen molar-refractivity contribution in [2.45, 2.75) is 64.5 Å². The van der Waals surface area contributed by atoms with Crippen molar-refractivity contribution in [1.82, 2.24) is 21.3 Å². The minimum absolute atomic E-state index is 0.128. The van der Waals surface area contributed by atoms with Gasteiger partial charge in [-0.2, -0.15) is 0 Å². The zero-order chi connectivity index (χ0) is 22.9. The first-order valence-electron chi connectivity index (χ1n) is 10.3. The van der Waals surface area contributed by atoms with Crippen molar-refractivity contribution in [3.8, 4) is 0 Å². The van der Waals surface area contributed by atoms with Crippen LogP contribution in [-0.4, -0.2) is 72.8 Å². The van der Waals surface area contributed by atoms with Crippen LogP contribution < -0.4 is 27.0 Å². The van der Waals surface area contributed by atoms with Gasteiger partial charge in [-0.05, 0) is 32.4 Å². The first kappa shape index (κ1) is 27.5. The van der Waals surface area contributed by atoms with E-state index in [2.05, 4.69) is 21.3 Å². The van der Waals surface area contributed by atoms with Crippen LogP contribution in [0.5, 0.6) is 0 Å². The fourth-order valence-electron chi connectivity index (χ4n) is 2.64. The van der Waals surface area contributed by atoms with Gasteiger partial charge in [-0.3, -0.25) is 24.0 Å². The van der Waals surface area contributed by atoms with Gasteiger partial charge in [0.05, 0.1) is 25.6 Å². The van der Waals surface area contributed by atoms with E-state index in [-0.39, 0.29) is 12.3 Å². The van der Waals surface area contributed by atoms with E-state index < -0.39 is 48.7 Å². The minimum Gasteiger partial charge on any atom is -0.481 e. The first-order chi connectivity index (χ1) is 14.2. The summed E-state index contributed by atoms with van der Waals surface area (Å²) in [5.74, 6) is -3.27. The smallest absolute Gasteiger partial charge is 0.305 e. The SMILES string of the molecule is CCCC(=O)CNC(=O)CNC(=O)C(CC(=O)O)NC(=O)C(CCCCN)NCC. The maximum atomic E-state index is 12.5. The highest BCUT2D eigenvalue weighted by molar-refractivity contribution is 5.94. The summed E-state index contributed by atoms with van der Waals surface area (Å²) in [4.78, 5) is 59.1. The molecule has 0 heterocycles. The molecule has 0 fully saturated rings. The molecule has 172 valence electrons. The number of amides is 3. The van der Waals surface area contributed by atoms with E-state index in [1.54, 1.807) is 0 Å². The van der Waals surface area contributed by atoms with Crippen molar-refractivity contribution in [3.05, 3.63) is 0 Å². The summed E-state index contributed by atoms with van der Waals surface area (Å²) in [5, 5.41) is 19.2. The number of carboxylic acids is 1. The molecule has 11 heteroatoms. The van der Waals surface area contributed by atoms with E-state index in [1.807, 2.05) is 13.8 Å². The zero-order valence-corrected chi connectivity index (χ0v) is 17.8. The van der Waals surface area contributed by atoms with Crippen LogP contribution in [0, 0.1) is 0 Å². The lowest BCUT2D eigenvalue weighted by Gasteiger charge is -2.22. The average Bonchev–Trinajstić information content (AvgIpc) is 2.69. The van der Waals surface area contributed by atoms with Crippen LogP contribution in [-0.2, 0) is 24.0 Å². The number of nitrogens with two attached hydrogens (primary N) is 1. The number of carbonyl (C=O) groups is 5. The predicted octanol–water partition coefficient (Wildman–Crippen LogP) is -1.35. The number of unbranched alkanes of at least 4 members (excludes halogenated alkanes) is 1. The fourth-order valence-corrected chi connectivity index (χ4v) is 2.64. The molecule has 0 aliphatic heterocycles. The first-order valence-corrected chi connectivity index (χ1v) is 10.3. The molecule has 0 radical (unpaired) electrons. The van der Waals surface area contributed by atoms with E-state index in [9.17, 15) is 24.0 Å². The van der Waals surface area contributed by atoms with Gasteiger partial charge in [0, 0.05) is 6.42 Å². The maximum absolute atomic E-state index is 12.5. The molecule has 0 saturated heterocycles. The molecule has 0 aromatic rings. The van der Waals surface area contributed by atoms with Crippen LogP contribution in [0.4, 0.5) is 0 Å². The van der Waals surface area contributed by atoms with E-state index in [0.717, 1.165) is 6.42 Å². The zero-order valence-electron chi connectivity index (χ0n) is 17.8. The molecule has 30 heavy (non-hydrogen) atoms. The molecule has 2 atom stereocenters. The lowest BCUT2D eigenvalue weighted by Crippen LogP contribution is -2.54. The number of aliphatic carboxylic acids is 1. The second kappa shape index (κ2) is 16.3. The number of hydrogen-bond acceptors (Lipinski definition) is 7. The van der Waals surface area contributed by atoms with Crippen molar-refractivity contribution in [2.75, 3.05) is 26.2 Å². The predicted molar refractivity (Wildman–Crippen MR) is 110 cm³/mol. The summed E-state index contributed by atoms with van der Waals surface area (Å²) < 4.78 is 0. The Balaban J connectivity index is 4.77. The number of rotatable bonds is 17. The number of carbonyl (C=O) groups excluding carboxylic acids is 4. The van der Waals surface area contributed by atoms with Gasteiger partial charge in [-0.1, -0.05) is 20.3 Å². The van der Waals surface area contributed by atoms with Crippen LogP contribution in [0.1, 0.15) is 52.4 Å². The number of carboxylic acid groups (broad SMARTS) is 1. The van der Waals surface area contributed by atoms with Gasteiger partial charge >= 0.3 is 5.97 Å². The topological polar surface area (TPSA) is 180 Å². The highest BCUT2D eigenvalue weighted by atomic mass is 16.4. The number of likely N-dealkylation sites (N-methyl/N-ethyl adjacent to an activating group) is 1. The summed E-state index contributed by atoms with van der Waals surface area (Å²) in [6.45, 7) is 4.12. The Morgan fingerprint density at radius 1 is 0.933 bits per heavy atom. The fraction of sp³-hybridized carbons (Fsp3) is 0.737. The second-order valence-corrected chi connectivity index (χ2v) is 6.84. The number of hydrogen-bond donors (Lipinski definition) is 6. The molecule has 0 aromatic carbocycles. The molecule has 7 N–H and O–H groups in total. The molecule has 0 aliphatic carbocycles. The van der Waals surface area contributed by atoms with Crippen LogP contribution >= 0.6 is 0 Å². The van der Waals surface area contributed by atoms with Crippen molar-refractivity contribution < 1.29 is 29.1 Å². The Morgan fingerprint density at radius 3 is 2.20 bits per heavy atom. The Bertz CT molecular complexity index is 584. The molecular weight excluding hydrogens is 394 g/mol. The molecule has 0 spiro atoms. The molecule has 0 aliphatic rings. The van der Waals surface area contributed by atoms with Crippen molar-refractivity contribution in [3.63, 3.8) is 0 Å². The van der Waals surface area contributed by atoms with Gasteiger partial charge in [0.15, 0.2) is 5.78 Å². The molecule has 3 amide bonds. The third-order valence-corrected chi connectivity index (χ3v) is 4.16. The van der Waals surface area contributed by atoms with Gasteiger partial charge in [0.25, 0.3) is 0 Å². The normalized spacial score (nSPS) is 12.5. The summed E-state index contributed by atoms with van der Waals surface area (Å²) in [5.41, 5.74) is 5.46. The van der Waals surface area contributed by atoms with E-state index in [1.165, 1.54) is 0 Å². The molecule has 11 nitrogen and oxygen atoms in total. The summed E-state index contributed by atoms with van der Waals surface area (Å²) in [7, 11) is 0. The third kappa shape index (κ3) is 12.8. The summed E-state index contributed by atoms with van der Waals surface area (Å²) in [6, 6.07) is -1.92. The average molecular weight is 430 g/mol. The summed E-state index contributed by atoms with van der Waals surface area (Å²) in [6.07, 6.45) is 2.32. The van der Waals surface area contributed by atoms with Crippen LogP contribution in [0.25, 0.3) is 0 Å². The highest BCUT2D eigenvalue weighted by Gasteiger charge is 2.27. The van der Waals surface area contributed by atoms with Crippen LogP contribution in [0.15, 0.2) is 0 Å². The standard InChI is InChI=1S/C19H35N5O6/c1-3-7-13(25)11-22-16(26)12-23-18(29)15(10-17(27)28)24-19(30)14(21-4-2)8-5-6-9-20/h14-15,21H,3-12,20H2,1-2H3,(H,22,26)(H,23,29)(H,24,30)(H,27,28). The Kier molecular flexibility index (Phi) is 14.9. The third-order valence-electron chi connectivity index (χ3n) is 4.16. The molecule has 0 saturated carbocycles. The number of Topliss-reactive ketones (excluding diaryl/α,β-unsaturated/α-hetero) is 1. The van der Waals surface area contributed by atoms with Crippen molar-refractivity contribution >= 4 is 29.5 Å². The quantitative estimate of drug-likeness (QED) is 0.154. The summed E-state index contributed by atoms with van der Waals surface area (Å²) >= 11 is 0. The molecule has 2 unspecified atom stereocenters. The van der Waals surface area contributed by atoms with Crippen LogP contribution in [0.2, 0.25) is 0 Å². The minimum atomic E-state index is -1.33. The molecule has 0 aromatic heterocycles. The van der Waals surface area contributed by atoms with Gasteiger partial charge in [0.1, 0.15) is 6.04 Å². The maximum Gasteiger partial charge on any atom is 0.305 e. The Hall–Kier alpha value is -2.53. The van der Waals surface area contributed by atoms with E-state index >= 15 is 0 Å². The van der Waals surface area contributed by atoms with Gasteiger partial charge in [0.2, 0.25) is 17.7 Å². The Morgan fingerprint density at radius 2 is 1.63 bits per heavy atom. The molecule has 0 rings (SSSR count). The van der Waals surface area contributed by atoms with Crippen molar-refractivity contribution in [1.29, 1.82) is 0 Å². The highest BCUT2D eigenvalue weighted by Crippen LogP contribution is 2.03. The molecular formula is C19H35N5O6. The van der Waals surface area contributed by atoms with Gasteiger partial charge < -0.3 is 32.1 Å². The molecule has 0 bridgehead atoms. The van der Waals surface area contributed by atoms with Gasteiger partial charge in [-0.25, -0.2) is 0 Å². The number of ketones is 1. The van der Waals surface area contributed by atoms with Gasteiger partial charge in [-0.15, -0.1) is 0 Å². The van der Waals surface area contributed by atoms with Crippen molar-refractivity contribution in [2.24, 2.45) is 5.73 Å². The van der Waals surface area contributed by atoms with E-state index in [0.29, 0.717) is 38.8 Å². The second-order valence-electron chi connectivity index (χ2n) is 6.84. The lowest BCUT2D eigenvalue weighted by atomic mass is 10.1. The Labute approximate surface area is 176 Å².